The molecule has 104 valence electrons. The largest absolute Gasteiger partial charge is 0.383 e. The Bertz CT molecular complexity index is 659. The van der Waals surface area contributed by atoms with Gasteiger partial charge in [-0.2, -0.15) is 0 Å². The lowest BCUT2D eigenvalue weighted by Gasteiger charge is -2.16. The van der Waals surface area contributed by atoms with Crippen LogP contribution in [0.5, 0.6) is 0 Å². The second-order valence-corrected chi connectivity index (χ2v) is 5.65. The number of hydrogen-bond donors (Lipinski definition) is 1. The zero-order chi connectivity index (χ0) is 13.8. The molecule has 0 amide bonds. The van der Waals surface area contributed by atoms with E-state index in [1.807, 2.05) is 18.5 Å². The Morgan fingerprint density at radius 3 is 3.05 bits per heavy atom. The second kappa shape index (κ2) is 6.42. The highest BCUT2D eigenvalue weighted by molar-refractivity contribution is 7.71. The number of ether oxygens (including phenoxy) is 1. The van der Waals surface area contributed by atoms with Crippen LogP contribution in [0, 0.1) is 4.77 Å². The first-order valence-electron chi connectivity index (χ1n) is 6.01. The molecule has 0 bridgehead atoms. The highest BCUT2D eigenvalue weighted by Gasteiger charge is 2.07. The van der Waals surface area contributed by atoms with Crippen molar-refractivity contribution in [2.45, 2.75) is 6.54 Å². The number of methoxy groups -OCH3 is 1. The van der Waals surface area contributed by atoms with Crippen molar-refractivity contribution in [2.75, 3.05) is 33.9 Å². The third-order valence-corrected chi connectivity index (χ3v) is 4.20. The SMILES string of the molecule is COCCN(C)CCn1c(=S)[nH]c2ccsc2c1=O. The molecule has 2 aromatic rings. The number of nitrogens with one attached hydrogen (secondary N) is 1. The van der Waals surface area contributed by atoms with Crippen molar-refractivity contribution < 1.29 is 4.74 Å². The summed E-state index contributed by atoms with van der Waals surface area (Å²) in [5.74, 6) is 0. The number of thiophene rings is 1. The van der Waals surface area contributed by atoms with E-state index in [4.69, 9.17) is 17.0 Å². The lowest BCUT2D eigenvalue weighted by atomic mass is 10.4. The topological polar surface area (TPSA) is 50.3 Å². The summed E-state index contributed by atoms with van der Waals surface area (Å²) in [5, 5.41) is 1.90. The summed E-state index contributed by atoms with van der Waals surface area (Å²) in [4.78, 5) is 17.5. The lowest BCUT2D eigenvalue weighted by molar-refractivity contribution is 0.159. The van der Waals surface area contributed by atoms with Gasteiger partial charge in [0.15, 0.2) is 4.77 Å². The van der Waals surface area contributed by atoms with Gasteiger partial charge in [-0.05, 0) is 30.7 Å². The molecular formula is C12H17N3O2S2. The number of likely N-dealkylation sites (N-methyl/N-ethyl adjacent to an activating group) is 1. The van der Waals surface area contributed by atoms with Gasteiger partial charge in [-0.1, -0.05) is 0 Å². The Morgan fingerprint density at radius 2 is 2.32 bits per heavy atom. The Balaban J connectivity index is 2.16. The van der Waals surface area contributed by atoms with E-state index in [9.17, 15) is 4.79 Å². The molecular weight excluding hydrogens is 282 g/mol. The molecule has 0 saturated carbocycles. The van der Waals surface area contributed by atoms with E-state index in [1.54, 1.807) is 11.7 Å². The summed E-state index contributed by atoms with van der Waals surface area (Å²) < 4.78 is 7.86. The minimum absolute atomic E-state index is 0.00566. The van der Waals surface area contributed by atoms with Crippen LogP contribution >= 0.6 is 23.6 Å². The fourth-order valence-corrected chi connectivity index (χ4v) is 2.88. The van der Waals surface area contributed by atoms with Gasteiger partial charge in [-0.15, -0.1) is 11.3 Å². The monoisotopic (exact) mass is 299 g/mol. The van der Waals surface area contributed by atoms with Crippen molar-refractivity contribution in [3.8, 4) is 0 Å². The molecule has 0 saturated heterocycles. The van der Waals surface area contributed by atoms with Gasteiger partial charge >= 0.3 is 0 Å². The van der Waals surface area contributed by atoms with Crippen LogP contribution < -0.4 is 5.56 Å². The lowest BCUT2D eigenvalue weighted by Crippen LogP contribution is -2.31. The average molecular weight is 299 g/mol. The van der Waals surface area contributed by atoms with E-state index < -0.39 is 0 Å². The van der Waals surface area contributed by atoms with Crippen LogP contribution in [0.1, 0.15) is 0 Å². The van der Waals surface area contributed by atoms with Gasteiger partial charge in [-0.3, -0.25) is 9.36 Å². The number of aromatic nitrogens is 2. The Morgan fingerprint density at radius 1 is 1.53 bits per heavy atom. The van der Waals surface area contributed by atoms with Gasteiger partial charge in [0.1, 0.15) is 4.70 Å². The summed E-state index contributed by atoms with van der Waals surface area (Å²) in [7, 11) is 3.68. The quantitative estimate of drug-likeness (QED) is 0.825. The average Bonchev–Trinajstić information content (AvgIpc) is 2.84. The first kappa shape index (κ1) is 14.4. The first-order valence-corrected chi connectivity index (χ1v) is 7.30. The summed E-state index contributed by atoms with van der Waals surface area (Å²) in [6.45, 7) is 2.87. The summed E-state index contributed by atoms with van der Waals surface area (Å²) >= 11 is 6.68. The molecule has 5 nitrogen and oxygen atoms in total. The van der Waals surface area contributed by atoms with Gasteiger partial charge in [0.2, 0.25) is 0 Å². The molecule has 2 rings (SSSR count). The van der Waals surface area contributed by atoms with E-state index in [1.165, 1.54) is 11.3 Å². The predicted octanol–water partition coefficient (Wildman–Crippen LogP) is 1.70. The first-order chi connectivity index (χ1) is 9.13. The number of fused-ring (bicyclic) bond motifs is 1. The van der Waals surface area contributed by atoms with Crippen LogP contribution in [0.4, 0.5) is 0 Å². The molecule has 0 aliphatic heterocycles. The van der Waals surface area contributed by atoms with E-state index in [2.05, 4.69) is 9.88 Å². The Hall–Kier alpha value is -1.02. The third kappa shape index (κ3) is 3.30. The van der Waals surface area contributed by atoms with E-state index in [0.29, 0.717) is 17.9 Å². The predicted molar refractivity (Wildman–Crippen MR) is 80.6 cm³/mol. The van der Waals surface area contributed by atoms with Gasteiger partial charge in [0, 0.05) is 26.7 Å². The molecule has 2 heterocycles. The summed E-state index contributed by atoms with van der Waals surface area (Å²) in [5.41, 5.74) is 0.817. The maximum absolute atomic E-state index is 12.3. The van der Waals surface area contributed by atoms with Crippen LogP contribution in [-0.4, -0.2) is 48.3 Å². The molecule has 2 aromatic heterocycles. The van der Waals surface area contributed by atoms with E-state index in [0.717, 1.165) is 23.3 Å². The third-order valence-electron chi connectivity index (χ3n) is 2.97. The molecule has 0 spiro atoms. The van der Waals surface area contributed by atoms with E-state index >= 15 is 0 Å². The smallest absolute Gasteiger partial charge is 0.272 e. The molecule has 0 aliphatic rings. The van der Waals surface area contributed by atoms with E-state index in [-0.39, 0.29) is 5.56 Å². The maximum atomic E-state index is 12.3. The highest BCUT2D eigenvalue weighted by Crippen LogP contribution is 2.13. The van der Waals surface area contributed by atoms with Crippen LogP contribution in [-0.2, 0) is 11.3 Å². The van der Waals surface area contributed by atoms with Gasteiger partial charge in [0.05, 0.1) is 12.1 Å². The van der Waals surface area contributed by atoms with Gasteiger partial charge < -0.3 is 14.6 Å². The number of H-pyrrole nitrogens is 1. The van der Waals surface area contributed by atoms with Crippen molar-refractivity contribution in [1.82, 2.24) is 14.5 Å². The fraction of sp³-hybridized carbons (Fsp3) is 0.500. The normalized spacial score (nSPS) is 11.5. The zero-order valence-corrected chi connectivity index (χ0v) is 12.6. The fourth-order valence-electron chi connectivity index (χ4n) is 1.80. The van der Waals surface area contributed by atoms with Gasteiger partial charge in [-0.25, -0.2) is 0 Å². The van der Waals surface area contributed by atoms with Crippen molar-refractivity contribution >= 4 is 33.8 Å². The van der Waals surface area contributed by atoms with Crippen LogP contribution in [0.3, 0.4) is 0 Å². The van der Waals surface area contributed by atoms with Crippen molar-refractivity contribution in [1.29, 1.82) is 0 Å². The van der Waals surface area contributed by atoms with Gasteiger partial charge in [0.25, 0.3) is 5.56 Å². The second-order valence-electron chi connectivity index (χ2n) is 4.35. The van der Waals surface area contributed by atoms with Crippen LogP contribution in [0.15, 0.2) is 16.2 Å². The zero-order valence-electron chi connectivity index (χ0n) is 11.0. The summed E-state index contributed by atoms with van der Waals surface area (Å²) in [6, 6.07) is 1.88. The number of hydrogen-bond acceptors (Lipinski definition) is 5. The van der Waals surface area contributed by atoms with Crippen molar-refractivity contribution in [3.63, 3.8) is 0 Å². The molecule has 7 heteroatoms. The molecule has 0 fully saturated rings. The van der Waals surface area contributed by atoms with Crippen molar-refractivity contribution in [2.24, 2.45) is 0 Å². The van der Waals surface area contributed by atoms with Crippen molar-refractivity contribution in [3.05, 3.63) is 26.6 Å². The Kier molecular flexibility index (Phi) is 4.87. The minimum Gasteiger partial charge on any atom is -0.383 e. The Labute approximate surface area is 120 Å². The number of aromatic amines is 1. The molecule has 0 atom stereocenters. The molecule has 0 unspecified atom stereocenters. The molecule has 0 aromatic carbocycles. The number of nitrogens with zero attached hydrogens (tertiary/aromatic N) is 2. The van der Waals surface area contributed by atoms with Crippen LogP contribution in [0.2, 0.25) is 0 Å². The standard InChI is InChI=1S/C12H17N3O2S2/c1-14(6-7-17-2)4-5-15-11(16)10-9(3-8-19-10)13-12(15)18/h3,8H,4-7H2,1-2H3,(H,13,18). The summed E-state index contributed by atoms with van der Waals surface area (Å²) in [6.07, 6.45) is 0. The molecule has 0 radical (unpaired) electrons. The molecule has 19 heavy (non-hydrogen) atoms. The molecule has 0 aliphatic carbocycles. The highest BCUT2D eigenvalue weighted by atomic mass is 32.1. The van der Waals surface area contributed by atoms with Crippen LogP contribution in [0.25, 0.3) is 10.2 Å². The molecule has 1 N–H and O–H groups in total. The minimum atomic E-state index is -0.00566. The maximum Gasteiger partial charge on any atom is 0.272 e. The number of rotatable bonds is 6.